The summed E-state index contributed by atoms with van der Waals surface area (Å²) in [6.45, 7) is 4.08. The van der Waals surface area contributed by atoms with Crippen LogP contribution in [0.4, 0.5) is 4.39 Å². The molecular weight excluding hydrogens is 404 g/mol. The summed E-state index contributed by atoms with van der Waals surface area (Å²) in [5, 5.41) is 6.39. The molecule has 0 aliphatic heterocycles. The summed E-state index contributed by atoms with van der Waals surface area (Å²) in [4.78, 5) is 4.43. The Labute approximate surface area is 147 Å². The number of nitrogens with one attached hydrogen (secondary N) is 2. The molecule has 0 atom stereocenters. The number of thioether (sulfide) groups is 1. The first kappa shape index (κ1) is 20.3. The molecule has 0 aliphatic rings. The van der Waals surface area contributed by atoms with Gasteiger partial charge in [0.1, 0.15) is 0 Å². The van der Waals surface area contributed by atoms with Crippen LogP contribution in [0.3, 0.4) is 0 Å². The molecule has 0 unspecified atom stereocenters. The van der Waals surface area contributed by atoms with Gasteiger partial charge in [-0.05, 0) is 30.9 Å². The highest BCUT2D eigenvalue weighted by Crippen LogP contribution is 2.17. The van der Waals surface area contributed by atoms with Crippen LogP contribution in [-0.4, -0.2) is 38.2 Å². The number of methoxy groups -OCH3 is 1. The summed E-state index contributed by atoms with van der Waals surface area (Å²) in [6.07, 6.45) is 2.06. The summed E-state index contributed by atoms with van der Waals surface area (Å²) >= 11 is 1.77. The summed E-state index contributed by atoms with van der Waals surface area (Å²) in [7, 11) is 1.45. The molecule has 21 heavy (non-hydrogen) atoms. The summed E-state index contributed by atoms with van der Waals surface area (Å²) in [5.74, 6) is 1.66. The fourth-order valence-electron chi connectivity index (χ4n) is 1.59. The minimum atomic E-state index is -0.361. The average molecular weight is 427 g/mol. The Morgan fingerprint density at radius 3 is 2.71 bits per heavy atom. The minimum Gasteiger partial charge on any atom is -0.494 e. The van der Waals surface area contributed by atoms with Crippen molar-refractivity contribution in [2.45, 2.75) is 13.5 Å². The van der Waals surface area contributed by atoms with Crippen molar-refractivity contribution in [2.24, 2.45) is 4.99 Å². The van der Waals surface area contributed by atoms with E-state index < -0.39 is 0 Å². The predicted molar refractivity (Wildman–Crippen MR) is 99.6 cm³/mol. The Kier molecular flexibility index (Phi) is 11.5. The molecular formula is C14H23FIN3OS. The fraction of sp³-hybridized carbons (Fsp3) is 0.500. The van der Waals surface area contributed by atoms with Crippen molar-refractivity contribution in [3.05, 3.63) is 29.6 Å². The molecule has 0 spiro atoms. The molecule has 0 saturated carbocycles. The lowest BCUT2D eigenvalue weighted by Crippen LogP contribution is -2.38. The first-order chi connectivity index (χ1) is 9.71. The fourth-order valence-corrected chi connectivity index (χ4v) is 1.90. The maximum atomic E-state index is 13.6. The zero-order valence-electron chi connectivity index (χ0n) is 12.6. The Balaban J connectivity index is 0.00000400. The molecule has 4 nitrogen and oxygen atoms in total. The van der Waals surface area contributed by atoms with Crippen molar-refractivity contribution >= 4 is 41.7 Å². The third kappa shape index (κ3) is 7.75. The van der Waals surface area contributed by atoms with E-state index in [9.17, 15) is 4.39 Å². The molecule has 0 aliphatic carbocycles. The second kappa shape index (κ2) is 11.9. The van der Waals surface area contributed by atoms with Crippen LogP contribution < -0.4 is 15.4 Å². The van der Waals surface area contributed by atoms with Gasteiger partial charge in [0.05, 0.1) is 13.7 Å². The average Bonchev–Trinajstić information content (AvgIpc) is 2.45. The normalized spacial score (nSPS) is 10.8. The smallest absolute Gasteiger partial charge is 0.191 e. The lowest BCUT2D eigenvalue weighted by Gasteiger charge is -2.10. The van der Waals surface area contributed by atoms with Gasteiger partial charge in [0.2, 0.25) is 0 Å². The van der Waals surface area contributed by atoms with Gasteiger partial charge >= 0.3 is 0 Å². The van der Waals surface area contributed by atoms with E-state index in [2.05, 4.69) is 21.9 Å². The van der Waals surface area contributed by atoms with E-state index in [1.807, 2.05) is 13.0 Å². The number of hydrogen-bond acceptors (Lipinski definition) is 3. The first-order valence-corrected chi connectivity index (χ1v) is 7.94. The highest BCUT2D eigenvalue weighted by Gasteiger charge is 2.03. The van der Waals surface area contributed by atoms with Crippen molar-refractivity contribution in [1.82, 2.24) is 10.6 Å². The molecule has 0 saturated heterocycles. The van der Waals surface area contributed by atoms with Gasteiger partial charge in [-0.1, -0.05) is 6.07 Å². The lowest BCUT2D eigenvalue weighted by atomic mass is 10.2. The Morgan fingerprint density at radius 1 is 1.38 bits per heavy atom. The van der Waals surface area contributed by atoms with Gasteiger partial charge < -0.3 is 15.4 Å². The topological polar surface area (TPSA) is 45.7 Å². The van der Waals surface area contributed by atoms with Gasteiger partial charge in [-0.3, -0.25) is 0 Å². The van der Waals surface area contributed by atoms with E-state index in [-0.39, 0.29) is 35.5 Å². The van der Waals surface area contributed by atoms with Gasteiger partial charge in [0.25, 0.3) is 0 Å². The van der Waals surface area contributed by atoms with Crippen LogP contribution in [0.5, 0.6) is 5.75 Å². The Morgan fingerprint density at radius 2 is 2.14 bits per heavy atom. The van der Waals surface area contributed by atoms with E-state index in [1.54, 1.807) is 17.8 Å². The molecule has 0 heterocycles. The molecule has 0 bridgehead atoms. The van der Waals surface area contributed by atoms with Crippen molar-refractivity contribution in [2.75, 3.05) is 32.2 Å². The second-order valence-corrected chi connectivity index (χ2v) is 5.07. The zero-order valence-corrected chi connectivity index (χ0v) is 15.8. The molecule has 0 fully saturated rings. The first-order valence-electron chi connectivity index (χ1n) is 6.54. The largest absolute Gasteiger partial charge is 0.494 e. The minimum absolute atomic E-state index is 0. The van der Waals surface area contributed by atoms with Crippen molar-refractivity contribution < 1.29 is 9.13 Å². The molecule has 0 aromatic heterocycles. The second-order valence-electron chi connectivity index (χ2n) is 4.08. The highest BCUT2D eigenvalue weighted by molar-refractivity contribution is 14.0. The third-order valence-corrected chi connectivity index (χ3v) is 3.19. The van der Waals surface area contributed by atoms with Crippen molar-refractivity contribution in [1.29, 1.82) is 0 Å². The third-order valence-electron chi connectivity index (χ3n) is 2.58. The van der Waals surface area contributed by atoms with Gasteiger partial charge in [-0.2, -0.15) is 11.8 Å². The van der Waals surface area contributed by atoms with E-state index in [1.165, 1.54) is 13.2 Å². The molecule has 0 amide bonds. The van der Waals surface area contributed by atoms with Gasteiger partial charge in [-0.15, -0.1) is 24.0 Å². The Bertz CT molecular complexity index is 446. The van der Waals surface area contributed by atoms with Crippen LogP contribution in [0.25, 0.3) is 0 Å². The molecule has 1 rings (SSSR count). The molecule has 0 radical (unpaired) electrons. The number of guanidine groups is 1. The van der Waals surface area contributed by atoms with E-state index in [0.29, 0.717) is 6.54 Å². The number of benzene rings is 1. The SMILES string of the molecule is CCNC(=NCc1ccc(OC)c(F)c1)NCCSC.I. The van der Waals surface area contributed by atoms with Gasteiger partial charge in [0, 0.05) is 18.8 Å². The number of halogens is 2. The highest BCUT2D eigenvalue weighted by atomic mass is 127. The molecule has 1 aromatic carbocycles. The van der Waals surface area contributed by atoms with Crippen LogP contribution in [-0.2, 0) is 6.54 Å². The maximum absolute atomic E-state index is 13.6. The predicted octanol–water partition coefficient (Wildman–Crippen LogP) is 2.87. The van der Waals surface area contributed by atoms with Gasteiger partial charge in [-0.25, -0.2) is 9.38 Å². The summed E-state index contributed by atoms with van der Waals surface area (Å²) in [6, 6.07) is 4.89. The van der Waals surface area contributed by atoms with Crippen LogP contribution >= 0.6 is 35.7 Å². The molecule has 1 aromatic rings. The number of ether oxygens (including phenoxy) is 1. The van der Waals surface area contributed by atoms with E-state index >= 15 is 0 Å². The van der Waals surface area contributed by atoms with Gasteiger partial charge in [0.15, 0.2) is 17.5 Å². The van der Waals surface area contributed by atoms with Crippen LogP contribution in [0.2, 0.25) is 0 Å². The van der Waals surface area contributed by atoms with Crippen LogP contribution in [0, 0.1) is 5.82 Å². The number of nitrogens with zero attached hydrogens (tertiary/aromatic N) is 1. The van der Waals surface area contributed by atoms with Crippen LogP contribution in [0.1, 0.15) is 12.5 Å². The summed E-state index contributed by atoms with van der Waals surface area (Å²) in [5.41, 5.74) is 0.811. The number of rotatable bonds is 7. The standard InChI is InChI=1S/C14H22FN3OS.HI/c1-4-16-14(17-7-8-20-3)18-10-11-5-6-13(19-2)12(15)9-11;/h5-6,9H,4,7-8,10H2,1-3H3,(H2,16,17,18);1H. The van der Waals surface area contributed by atoms with Crippen molar-refractivity contribution in [3.8, 4) is 5.75 Å². The molecule has 120 valence electrons. The van der Waals surface area contributed by atoms with E-state index in [0.717, 1.165) is 30.4 Å². The summed E-state index contributed by atoms with van der Waals surface area (Å²) < 4.78 is 18.5. The maximum Gasteiger partial charge on any atom is 0.191 e. The van der Waals surface area contributed by atoms with E-state index in [4.69, 9.17) is 4.74 Å². The monoisotopic (exact) mass is 427 g/mol. The Hall–Kier alpha value is -0.700. The zero-order chi connectivity index (χ0) is 14.8. The lowest BCUT2D eigenvalue weighted by molar-refractivity contribution is 0.386. The molecule has 7 heteroatoms. The van der Waals surface area contributed by atoms with Crippen LogP contribution in [0.15, 0.2) is 23.2 Å². The number of aliphatic imine (C=N–C) groups is 1. The number of hydrogen-bond donors (Lipinski definition) is 2. The quantitative estimate of drug-likeness (QED) is 0.304. The van der Waals surface area contributed by atoms with Crippen molar-refractivity contribution in [3.63, 3.8) is 0 Å². The molecule has 2 N–H and O–H groups in total.